The first kappa shape index (κ1) is 15.6. The van der Waals surface area contributed by atoms with E-state index < -0.39 is 5.82 Å². The highest BCUT2D eigenvalue weighted by molar-refractivity contribution is 9.10. The smallest absolute Gasteiger partial charge is 0.218 e. The van der Waals surface area contributed by atoms with Crippen LogP contribution in [0, 0.1) is 5.82 Å². The van der Waals surface area contributed by atoms with Gasteiger partial charge in [0, 0.05) is 15.5 Å². The van der Waals surface area contributed by atoms with E-state index >= 15 is 0 Å². The number of hydrogen-bond donors (Lipinski definition) is 3. The highest BCUT2D eigenvalue weighted by Crippen LogP contribution is 2.35. The van der Waals surface area contributed by atoms with Crippen LogP contribution in [0.4, 0.5) is 15.8 Å². The van der Waals surface area contributed by atoms with Crippen LogP contribution >= 0.6 is 28.1 Å². The van der Waals surface area contributed by atoms with E-state index in [2.05, 4.69) is 36.5 Å². The Labute approximate surface area is 144 Å². The Morgan fingerprint density at radius 3 is 2.70 bits per heavy atom. The third kappa shape index (κ3) is 3.54. The summed E-state index contributed by atoms with van der Waals surface area (Å²) in [7, 11) is 0. The summed E-state index contributed by atoms with van der Waals surface area (Å²) in [6, 6.07) is 11.4. The number of rotatable bonds is 2. The summed E-state index contributed by atoms with van der Waals surface area (Å²) in [5.41, 5.74) is 1.45. The minimum absolute atomic E-state index is 0.123. The Kier molecular flexibility index (Phi) is 4.35. The molecule has 3 aromatic rings. The second kappa shape index (κ2) is 6.43. The molecule has 0 bridgehead atoms. The highest BCUT2D eigenvalue weighted by Gasteiger charge is 2.11. The van der Waals surface area contributed by atoms with Crippen LogP contribution in [-0.2, 0) is 0 Å². The fraction of sp³-hybridized carbons (Fsp3) is 0. The first-order chi connectivity index (χ1) is 11.0. The van der Waals surface area contributed by atoms with Gasteiger partial charge in [0.25, 0.3) is 0 Å². The molecule has 1 aromatic heterocycles. The Morgan fingerprint density at radius 1 is 1.22 bits per heavy atom. The monoisotopic (exact) mass is 392 g/mol. The predicted octanol–water partition coefficient (Wildman–Crippen LogP) is 5.26. The van der Waals surface area contributed by atoms with E-state index in [0.29, 0.717) is 10.9 Å². The lowest BCUT2D eigenvalue weighted by Crippen LogP contribution is -2.04. The number of azo groups is 1. The average Bonchev–Trinajstić information content (AvgIpc) is 2.82. The van der Waals surface area contributed by atoms with Crippen LogP contribution in [0.15, 0.2) is 57.2 Å². The topological polar surface area (TPSA) is 72.8 Å². The Hall–Kier alpha value is -2.32. The van der Waals surface area contributed by atoms with Crippen molar-refractivity contribution >= 4 is 55.5 Å². The van der Waals surface area contributed by atoms with E-state index in [1.54, 1.807) is 0 Å². The number of halogens is 2. The number of nitrogens with zero attached hydrogens (tertiary/aromatic N) is 2. The van der Waals surface area contributed by atoms with E-state index in [1.807, 2.05) is 24.3 Å². The quantitative estimate of drug-likeness (QED) is 0.411. The number of aromatic nitrogens is 1. The van der Waals surface area contributed by atoms with Crippen molar-refractivity contribution in [2.45, 2.75) is 0 Å². The van der Waals surface area contributed by atoms with Crippen LogP contribution in [0.25, 0.3) is 10.9 Å². The third-order valence-electron chi connectivity index (χ3n) is 3.05. The van der Waals surface area contributed by atoms with Crippen molar-refractivity contribution in [1.82, 2.24) is 4.98 Å². The molecular weight excluding hydrogens is 383 g/mol. The molecule has 1 heterocycles. The summed E-state index contributed by atoms with van der Waals surface area (Å²) in [6.45, 7) is 0. The molecule has 0 radical (unpaired) electrons. The van der Waals surface area contributed by atoms with Crippen molar-refractivity contribution in [2.75, 3.05) is 5.32 Å². The summed E-state index contributed by atoms with van der Waals surface area (Å²) in [5.74, 6) is -0.621. The summed E-state index contributed by atoms with van der Waals surface area (Å²) >= 11 is 8.43. The van der Waals surface area contributed by atoms with Crippen molar-refractivity contribution in [3.8, 4) is 5.88 Å². The van der Waals surface area contributed by atoms with Crippen molar-refractivity contribution in [1.29, 1.82) is 0 Å². The lowest BCUT2D eigenvalue weighted by molar-refractivity contribution is 0.459. The van der Waals surface area contributed by atoms with Crippen molar-refractivity contribution in [3.63, 3.8) is 0 Å². The molecule has 0 atom stereocenters. The molecule has 2 aromatic carbocycles. The number of nitrogens with one attached hydrogen (secondary N) is 2. The number of thiocarbonyl (C=S) groups is 1. The predicted molar refractivity (Wildman–Crippen MR) is 94.8 cm³/mol. The average molecular weight is 393 g/mol. The molecule has 5 nitrogen and oxygen atoms in total. The zero-order valence-electron chi connectivity index (χ0n) is 11.5. The summed E-state index contributed by atoms with van der Waals surface area (Å²) in [5, 5.41) is 21.1. The number of anilines is 1. The lowest BCUT2D eigenvalue weighted by Gasteiger charge is -2.02. The standard InChI is InChI=1S/C15H10BrFN4OS/c16-8-1-4-10(5-2-8)18-15(23)21-20-13-11-7-9(17)3-6-12(11)19-14(13)22/h1-7,19,22H,(H,18,23). The molecule has 0 amide bonds. The van der Waals surface area contributed by atoms with Gasteiger partial charge in [0.05, 0.1) is 5.52 Å². The second-order valence-corrected chi connectivity index (χ2v) is 5.95. The normalized spacial score (nSPS) is 11.2. The molecule has 0 aliphatic heterocycles. The molecule has 3 rings (SSSR count). The van der Waals surface area contributed by atoms with E-state index in [9.17, 15) is 9.50 Å². The van der Waals surface area contributed by atoms with Crippen LogP contribution in [0.1, 0.15) is 0 Å². The molecule has 3 N–H and O–H groups in total. The van der Waals surface area contributed by atoms with Gasteiger partial charge in [-0.25, -0.2) is 4.39 Å². The first-order valence-electron chi connectivity index (χ1n) is 6.51. The van der Waals surface area contributed by atoms with E-state index in [4.69, 9.17) is 12.2 Å². The highest BCUT2D eigenvalue weighted by atomic mass is 79.9. The molecule has 0 fully saturated rings. The summed E-state index contributed by atoms with van der Waals surface area (Å²) in [4.78, 5) is 2.70. The molecule has 0 saturated heterocycles. The Morgan fingerprint density at radius 2 is 1.96 bits per heavy atom. The lowest BCUT2D eigenvalue weighted by atomic mass is 10.2. The Balaban J connectivity index is 1.82. The fourth-order valence-electron chi connectivity index (χ4n) is 2.01. The minimum atomic E-state index is -0.427. The number of aromatic hydroxyl groups is 1. The fourth-order valence-corrected chi connectivity index (χ4v) is 2.44. The van der Waals surface area contributed by atoms with Gasteiger partial charge in [-0.3, -0.25) is 0 Å². The third-order valence-corrected chi connectivity index (χ3v) is 3.76. The molecule has 0 aliphatic carbocycles. The van der Waals surface area contributed by atoms with E-state index in [0.717, 1.165) is 10.2 Å². The minimum Gasteiger partial charge on any atom is -0.493 e. The number of fused-ring (bicyclic) bond motifs is 1. The molecule has 0 spiro atoms. The van der Waals surface area contributed by atoms with E-state index in [-0.39, 0.29) is 16.7 Å². The maximum Gasteiger partial charge on any atom is 0.218 e. The maximum atomic E-state index is 13.3. The first-order valence-corrected chi connectivity index (χ1v) is 7.71. The largest absolute Gasteiger partial charge is 0.493 e. The number of aromatic amines is 1. The summed E-state index contributed by atoms with van der Waals surface area (Å²) in [6.07, 6.45) is 0. The second-order valence-electron chi connectivity index (χ2n) is 4.65. The van der Waals surface area contributed by atoms with Gasteiger partial charge in [-0.1, -0.05) is 15.9 Å². The summed E-state index contributed by atoms with van der Waals surface area (Å²) < 4.78 is 14.3. The van der Waals surface area contributed by atoms with Gasteiger partial charge in [-0.15, -0.1) is 10.2 Å². The van der Waals surface area contributed by atoms with Crippen LogP contribution in [-0.4, -0.2) is 15.2 Å². The van der Waals surface area contributed by atoms with Gasteiger partial charge in [0.2, 0.25) is 11.0 Å². The van der Waals surface area contributed by atoms with Gasteiger partial charge in [-0.2, -0.15) is 0 Å². The van der Waals surface area contributed by atoms with E-state index in [1.165, 1.54) is 18.2 Å². The Bertz CT molecular complexity index is 908. The number of H-pyrrole nitrogens is 1. The number of benzene rings is 2. The van der Waals surface area contributed by atoms with Gasteiger partial charge >= 0.3 is 0 Å². The molecule has 0 unspecified atom stereocenters. The van der Waals surface area contributed by atoms with Crippen LogP contribution in [0.2, 0.25) is 0 Å². The van der Waals surface area contributed by atoms with Crippen molar-refractivity contribution < 1.29 is 9.50 Å². The number of hydrogen-bond acceptors (Lipinski definition) is 3. The SMILES string of the molecule is Oc1[nH]c2ccc(F)cc2c1N=NC(=S)Nc1ccc(Br)cc1. The maximum absolute atomic E-state index is 13.3. The van der Waals surface area contributed by atoms with Crippen molar-refractivity contribution in [2.24, 2.45) is 10.2 Å². The zero-order chi connectivity index (χ0) is 16.4. The molecule has 23 heavy (non-hydrogen) atoms. The molecular formula is C15H10BrFN4OS. The molecule has 8 heteroatoms. The van der Waals surface area contributed by atoms with Crippen LogP contribution in [0.3, 0.4) is 0 Å². The molecule has 0 aliphatic rings. The van der Waals surface area contributed by atoms with Crippen molar-refractivity contribution in [3.05, 3.63) is 52.8 Å². The van der Waals surface area contributed by atoms with Crippen LogP contribution < -0.4 is 5.32 Å². The van der Waals surface area contributed by atoms with Gasteiger partial charge < -0.3 is 15.4 Å². The molecule has 0 saturated carbocycles. The molecule has 116 valence electrons. The van der Waals surface area contributed by atoms with Gasteiger partial charge in [0.15, 0.2) is 5.69 Å². The van der Waals surface area contributed by atoms with Crippen LogP contribution in [0.5, 0.6) is 5.88 Å². The van der Waals surface area contributed by atoms with Gasteiger partial charge in [-0.05, 0) is 54.7 Å². The zero-order valence-corrected chi connectivity index (χ0v) is 13.9. The van der Waals surface area contributed by atoms with Gasteiger partial charge in [0.1, 0.15) is 5.82 Å².